The lowest BCUT2D eigenvalue weighted by molar-refractivity contribution is 0.834. The standard InChI is InChI=1S/C11H18N4.HI/c1-3-12-11(13-4-2)15-9-10-7-5-6-8-14-10;/h5-8H,3-4,9H2,1-2H3,(H2,12,13,15);1H. The van der Waals surface area contributed by atoms with Gasteiger partial charge in [-0.25, -0.2) is 4.99 Å². The lowest BCUT2D eigenvalue weighted by Gasteiger charge is -2.08. The molecule has 1 aromatic rings. The first-order chi connectivity index (χ1) is 7.36. The highest BCUT2D eigenvalue weighted by Gasteiger charge is 1.95. The fraction of sp³-hybridized carbons (Fsp3) is 0.455. The summed E-state index contributed by atoms with van der Waals surface area (Å²) in [5.41, 5.74) is 0.978. The summed E-state index contributed by atoms with van der Waals surface area (Å²) in [6.45, 7) is 6.44. The van der Waals surface area contributed by atoms with E-state index in [1.165, 1.54) is 0 Å². The number of halogens is 1. The zero-order valence-corrected chi connectivity index (χ0v) is 12.1. The Morgan fingerprint density at radius 3 is 2.44 bits per heavy atom. The van der Waals surface area contributed by atoms with E-state index in [2.05, 4.69) is 20.6 Å². The van der Waals surface area contributed by atoms with E-state index >= 15 is 0 Å². The lowest BCUT2D eigenvalue weighted by Crippen LogP contribution is -2.37. The first-order valence-electron chi connectivity index (χ1n) is 5.29. The van der Waals surface area contributed by atoms with Gasteiger partial charge in [-0.2, -0.15) is 0 Å². The van der Waals surface area contributed by atoms with Crippen LogP contribution in [0.5, 0.6) is 0 Å². The van der Waals surface area contributed by atoms with Crippen LogP contribution in [0, 0.1) is 0 Å². The second-order valence-corrected chi connectivity index (χ2v) is 3.05. The average Bonchev–Trinajstić information content (AvgIpc) is 2.28. The zero-order chi connectivity index (χ0) is 10.9. The molecule has 0 fully saturated rings. The fourth-order valence-electron chi connectivity index (χ4n) is 1.16. The largest absolute Gasteiger partial charge is 0.357 e. The van der Waals surface area contributed by atoms with Crippen LogP contribution < -0.4 is 10.6 Å². The molecule has 0 amide bonds. The highest BCUT2D eigenvalue weighted by Crippen LogP contribution is 1.94. The van der Waals surface area contributed by atoms with Crippen molar-refractivity contribution < 1.29 is 0 Å². The molecule has 4 nitrogen and oxygen atoms in total. The third-order valence-electron chi connectivity index (χ3n) is 1.81. The maximum atomic E-state index is 4.41. The predicted octanol–water partition coefficient (Wildman–Crippen LogP) is 1.77. The minimum atomic E-state index is 0. The number of aromatic nitrogens is 1. The highest BCUT2D eigenvalue weighted by atomic mass is 127. The molecule has 0 aliphatic heterocycles. The summed E-state index contributed by atoms with van der Waals surface area (Å²) >= 11 is 0. The minimum absolute atomic E-state index is 0. The first-order valence-corrected chi connectivity index (χ1v) is 5.29. The molecule has 1 aromatic heterocycles. The maximum Gasteiger partial charge on any atom is 0.191 e. The molecule has 16 heavy (non-hydrogen) atoms. The van der Waals surface area contributed by atoms with Gasteiger partial charge in [0.25, 0.3) is 0 Å². The van der Waals surface area contributed by atoms with Crippen LogP contribution in [0.3, 0.4) is 0 Å². The van der Waals surface area contributed by atoms with E-state index in [4.69, 9.17) is 0 Å². The third kappa shape index (κ3) is 5.89. The van der Waals surface area contributed by atoms with Crippen molar-refractivity contribution in [2.45, 2.75) is 20.4 Å². The number of nitrogens with zero attached hydrogens (tertiary/aromatic N) is 2. The molecule has 0 aromatic carbocycles. The van der Waals surface area contributed by atoms with Crippen molar-refractivity contribution in [3.8, 4) is 0 Å². The number of nitrogens with one attached hydrogen (secondary N) is 2. The molecule has 90 valence electrons. The molecule has 0 saturated carbocycles. The first kappa shape index (κ1) is 15.2. The van der Waals surface area contributed by atoms with Crippen LogP contribution in [-0.4, -0.2) is 24.0 Å². The molecular weight excluding hydrogens is 315 g/mol. The molecule has 0 saturated heterocycles. The molecule has 2 N–H and O–H groups in total. The molecule has 0 bridgehead atoms. The smallest absolute Gasteiger partial charge is 0.191 e. The lowest BCUT2D eigenvalue weighted by atomic mass is 10.3. The Bertz CT molecular complexity index is 292. The van der Waals surface area contributed by atoms with Crippen molar-refractivity contribution in [3.63, 3.8) is 0 Å². The van der Waals surface area contributed by atoms with Crippen molar-refractivity contribution in [3.05, 3.63) is 30.1 Å². The minimum Gasteiger partial charge on any atom is -0.357 e. The quantitative estimate of drug-likeness (QED) is 0.501. The molecule has 0 radical (unpaired) electrons. The number of rotatable bonds is 4. The fourth-order valence-corrected chi connectivity index (χ4v) is 1.16. The topological polar surface area (TPSA) is 49.3 Å². The predicted molar refractivity (Wildman–Crippen MR) is 78.1 cm³/mol. The Balaban J connectivity index is 0.00000225. The highest BCUT2D eigenvalue weighted by molar-refractivity contribution is 14.0. The van der Waals surface area contributed by atoms with Crippen LogP contribution in [-0.2, 0) is 6.54 Å². The summed E-state index contributed by atoms with van der Waals surface area (Å²) in [5, 5.41) is 6.33. The molecule has 1 heterocycles. The van der Waals surface area contributed by atoms with Crippen LogP contribution in [0.2, 0.25) is 0 Å². The number of hydrogen-bond donors (Lipinski definition) is 2. The van der Waals surface area contributed by atoms with Gasteiger partial charge in [0, 0.05) is 19.3 Å². The summed E-state index contributed by atoms with van der Waals surface area (Å²) in [6, 6.07) is 5.85. The second-order valence-electron chi connectivity index (χ2n) is 3.05. The summed E-state index contributed by atoms with van der Waals surface area (Å²) in [4.78, 5) is 8.61. The Labute approximate surface area is 114 Å². The number of pyridine rings is 1. The summed E-state index contributed by atoms with van der Waals surface area (Å²) in [6.07, 6.45) is 1.78. The van der Waals surface area contributed by atoms with Crippen molar-refractivity contribution in [2.24, 2.45) is 4.99 Å². The molecule has 0 atom stereocenters. The SMILES string of the molecule is CCNC(=NCc1ccccn1)NCC.I. The molecule has 0 unspecified atom stereocenters. The Morgan fingerprint density at radius 2 is 1.94 bits per heavy atom. The van der Waals surface area contributed by atoms with E-state index in [0.717, 1.165) is 24.7 Å². The van der Waals surface area contributed by atoms with Gasteiger partial charge in [-0.1, -0.05) is 6.07 Å². The normalized spacial score (nSPS) is 8.88. The van der Waals surface area contributed by atoms with E-state index < -0.39 is 0 Å². The third-order valence-corrected chi connectivity index (χ3v) is 1.81. The van der Waals surface area contributed by atoms with Crippen LogP contribution in [0.15, 0.2) is 29.4 Å². The monoisotopic (exact) mass is 334 g/mol. The molecule has 5 heteroatoms. The number of aliphatic imine (C=N–C) groups is 1. The summed E-state index contributed by atoms with van der Waals surface area (Å²) in [7, 11) is 0. The molecule has 0 aliphatic rings. The van der Waals surface area contributed by atoms with Gasteiger partial charge in [-0.05, 0) is 26.0 Å². The number of hydrogen-bond acceptors (Lipinski definition) is 2. The van der Waals surface area contributed by atoms with E-state index in [0.29, 0.717) is 6.54 Å². The summed E-state index contributed by atoms with van der Waals surface area (Å²) in [5.74, 6) is 0.839. The van der Waals surface area contributed by atoms with Crippen LogP contribution >= 0.6 is 24.0 Å². The molecule has 0 spiro atoms. The maximum absolute atomic E-state index is 4.41. The van der Waals surface area contributed by atoms with E-state index in [9.17, 15) is 0 Å². The Hall–Kier alpha value is -0.850. The van der Waals surface area contributed by atoms with Crippen molar-refractivity contribution in [1.82, 2.24) is 15.6 Å². The van der Waals surface area contributed by atoms with Crippen molar-refractivity contribution >= 4 is 29.9 Å². The number of guanidine groups is 1. The zero-order valence-electron chi connectivity index (χ0n) is 9.73. The molecular formula is C11H19IN4. The van der Waals surface area contributed by atoms with Gasteiger partial charge in [0.2, 0.25) is 0 Å². The molecule has 1 rings (SSSR count). The molecule has 0 aliphatic carbocycles. The average molecular weight is 334 g/mol. The second kappa shape index (κ2) is 9.38. The van der Waals surface area contributed by atoms with Gasteiger partial charge < -0.3 is 10.6 Å². The Kier molecular flexibility index (Phi) is 8.88. The van der Waals surface area contributed by atoms with Gasteiger partial charge in [-0.15, -0.1) is 24.0 Å². The van der Waals surface area contributed by atoms with E-state index in [1.807, 2.05) is 32.0 Å². The van der Waals surface area contributed by atoms with Gasteiger partial charge in [-0.3, -0.25) is 4.98 Å². The van der Waals surface area contributed by atoms with Crippen LogP contribution in [0.1, 0.15) is 19.5 Å². The van der Waals surface area contributed by atoms with Crippen LogP contribution in [0.4, 0.5) is 0 Å². The van der Waals surface area contributed by atoms with Crippen LogP contribution in [0.25, 0.3) is 0 Å². The summed E-state index contributed by atoms with van der Waals surface area (Å²) < 4.78 is 0. The van der Waals surface area contributed by atoms with Gasteiger partial charge >= 0.3 is 0 Å². The van der Waals surface area contributed by atoms with E-state index in [1.54, 1.807) is 6.20 Å². The van der Waals surface area contributed by atoms with Gasteiger partial charge in [0.05, 0.1) is 12.2 Å². The van der Waals surface area contributed by atoms with Gasteiger partial charge in [0.1, 0.15) is 0 Å². The van der Waals surface area contributed by atoms with E-state index in [-0.39, 0.29) is 24.0 Å². The van der Waals surface area contributed by atoms with Gasteiger partial charge in [0.15, 0.2) is 5.96 Å². The van der Waals surface area contributed by atoms with Crippen molar-refractivity contribution in [1.29, 1.82) is 0 Å². The Morgan fingerprint density at radius 1 is 1.25 bits per heavy atom. The van der Waals surface area contributed by atoms with Crippen molar-refractivity contribution in [2.75, 3.05) is 13.1 Å².